The third kappa shape index (κ3) is 5.44. The number of rotatable bonds is 9. The highest BCUT2D eigenvalue weighted by Crippen LogP contribution is 2.32. The number of nitrogen functional groups attached to an aromatic ring is 1. The number of ketones is 1. The van der Waals surface area contributed by atoms with Crippen molar-refractivity contribution < 1.29 is 14.3 Å². The van der Waals surface area contributed by atoms with Crippen molar-refractivity contribution in [2.24, 2.45) is 0 Å². The Labute approximate surface area is 198 Å². The summed E-state index contributed by atoms with van der Waals surface area (Å²) in [6, 6.07) is 13.4. The van der Waals surface area contributed by atoms with Crippen LogP contribution < -0.4 is 26.0 Å². The smallest absolute Gasteiger partial charge is 0.229 e. The lowest BCUT2D eigenvalue weighted by atomic mass is 10.1. The molecule has 1 aliphatic heterocycles. The van der Waals surface area contributed by atoms with Gasteiger partial charge in [0.05, 0.1) is 37.9 Å². The molecule has 4 N–H and O–H groups in total. The van der Waals surface area contributed by atoms with Gasteiger partial charge in [0, 0.05) is 37.0 Å². The normalized spacial score (nSPS) is 13.3. The van der Waals surface area contributed by atoms with Gasteiger partial charge >= 0.3 is 0 Å². The highest BCUT2D eigenvalue weighted by molar-refractivity contribution is 5.92. The number of morpholine rings is 1. The fourth-order valence-corrected chi connectivity index (χ4v) is 3.66. The molecule has 3 aromatic rings. The predicted molar refractivity (Wildman–Crippen MR) is 134 cm³/mol. The topological polar surface area (TPSA) is 115 Å². The van der Waals surface area contributed by atoms with Crippen molar-refractivity contribution in [3.05, 3.63) is 66.9 Å². The third-order valence-corrected chi connectivity index (χ3v) is 5.49. The first kappa shape index (κ1) is 23.1. The summed E-state index contributed by atoms with van der Waals surface area (Å²) in [5.41, 5.74) is 9.86. The van der Waals surface area contributed by atoms with Crippen LogP contribution in [0.15, 0.2) is 61.3 Å². The number of aromatic nitrogens is 2. The zero-order valence-electron chi connectivity index (χ0n) is 19.1. The Morgan fingerprint density at radius 2 is 2.00 bits per heavy atom. The first-order chi connectivity index (χ1) is 16.6. The van der Waals surface area contributed by atoms with Crippen LogP contribution in [0.2, 0.25) is 0 Å². The maximum Gasteiger partial charge on any atom is 0.229 e. The quantitative estimate of drug-likeness (QED) is 0.411. The molecule has 1 fully saturated rings. The van der Waals surface area contributed by atoms with E-state index in [1.165, 1.54) is 12.3 Å². The number of para-hydroxylation sites is 1. The van der Waals surface area contributed by atoms with Crippen molar-refractivity contribution in [2.75, 3.05) is 54.7 Å². The van der Waals surface area contributed by atoms with E-state index in [1.807, 2.05) is 42.5 Å². The number of allylic oxidation sites excluding steroid dienone is 1. The SMILES string of the molecule is C=CC(=O)Cc1ccccc1Nc1nc(Nc2ccc(N3CCOCC3)cc2OC)ncc1N. The van der Waals surface area contributed by atoms with Crippen molar-refractivity contribution in [2.45, 2.75) is 6.42 Å². The highest BCUT2D eigenvalue weighted by atomic mass is 16.5. The van der Waals surface area contributed by atoms with Gasteiger partial charge in [-0.25, -0.2) is 4.98 Å². The Morgan fingerprint density at radius 3 is 2.76 bits per heavy atom. The lowest BCUT2D eigenvalue weighted by molar-refractivity contribution is -0.114. The molecule has 0 radical (unpaired) electrons. The minimum atomic E-state index is -0.0695. The summed E-state index contributed by atoms with van der Waals surface area (Å²) in [5, 5.41) is 6.43. The summed E-state index contributed by atoms with van der Waals surface area (Å²) in [6.45, 7) is 6.64. The molecule has 0 spiro atoms. The Balaban J connectivity index is 1.55. The molecule has 2 heterocycles. The van der Waals surface area contributed by atoms with Gasteiger partial charge in [0.2, 0.25) is 5.95 Å². The molecule has 9 heteroatoms. The molecule has 0 amide bonds. The van der Waals surface area contributed by atoms with Gasteiger partial charge in [0.25, 0.3) is 0 Å². The molecule has 0 saturated carbocycles. The molecule has 0 unspecified atom stereocenters. The standard InChI is InChI=1S/C25H28N6O3/c1-3-19(32)14-17-6-4-5-7-21(17)28-24-20(26)16-27-25(30-24)29-22-9-8-18(15-23(22)33-2)31-10-12-34-13-11-31/h3-9,15-16H,1,10-14,26H2,2H3,(H2,27,28,29,30). The average molecular weight is 461 g/mol. The lowest BCUT2D eigenvalue weighted by Gasteiger charge is -2.29. The van der Waals surface area contributed by atoms with E-state index in [-0.39, 0.29) is 12.2 Å². The number of nitrogens with one attached hydrogen (secondary N) is 2. The number of anilines is 6. The van der Waals surface area contributed by atoms with Crippen LogP contribution in [0.5, 0.6) is 5.75 Å². The van der Waals surface area contributed by atoms with E-state index >= 15 is 0 Å². The van der Waals surface area contributed by atoms with Crippen molar-refractivity contribution in [3.8, 4) is 5.75 Å². The summed E-state index contributed by atoms with van der Waals surface area (Å²) in [7, 11) is 1.63. The number of hydrogen-bond acceptors (Lipinski definition) is 9. The minimum Gasteiger partial charge on any atom is -0.494 e. The predicted octanol–water partition coefficient (Wildman–Crippen LogP) is 3.69. The molecule has 34 heavy (non-hydrogen) atoms. The van der Waals surface area contributed by atoms with E-state index in [0.29, 0.717) is 36.4 Å². The van der Waals surface area contributed by atoms with Crippen molar-refractivity contribution >= 4 is 40.3 Å². The molecule has 1 saturated heterocycles. The lowest BCUT2D eigenvalue weighted by Crippen LogP contribution is -2.36. The van der Waals surface area contributed by atoms with Crippen LogP contribution in [-0.4, -0.2) is 49.2 Å². The van der Waals surface area contributed by atoms with E-state index < -0.39 is 0 Å². The monoisotopic (exact) mass is 460 g/mol. The summed E-state index contributed by atoms with van der Waals surface area (Å²) in [6.07, 6.45) is 3.08. The van der Waals surface area contributed by atoms with Crippen molar-refractivity contribution in [3.63, 3.8) is 0 Å². The number of nitrogens with two attached hydrogens (primary N) is 1. The molecule has 0 bridgehead atoms. The largest absolute Gasteiger partial charge is 0.494 e. The molecular weight excluding hydrogens is 432 g/mol. The van der Waals surface area contributed by atoms with E-state index in [4.69, 9.17) is 15.2 Å². The Kier molecular flexibility index (Phi) is 7.24. The highest BCUT2D eigenvalue weighted by Gasteiger charge is 2.15. The zero-order chi connectivity index (χ0) is 23.9. The van der Waals surface area contributed by atoms with E-state index in [9.17, 15) is 4.79 Å². The third-order valence-electron chi connectivity index (χ3n) is 5.49. The minimum absolute atomic E-state index is 0.0695. The van der Waals surface area contributed by atoms with Crippen LogP contribution in [-0.2, 0) is 16.0 Å². The van der Waals surface area contributed by atoms with Crippen LogP contribution >= 0.6 is 0 Å². The zero-order valence-corrected chi connectivity index (χ0v) is 19.1. The summed E-state index contributed by atoms with van der Waals surface area (Å²) in [4.78, 5) is 23.0. The molecule has 1 aliphatic rings. The molecule has 9 nitrogen and oxygen atoms in total. The van der Waals surface area contributed by atoms with E-state index in [1.54, 1.807) is 7.11 Å². The fraction of sp³-hybridized carbons (Fsp3) is 0.240. The molecule has 1 aromatic heterocycles. The molecular formula is C25H28N6O3. The maximum atomic E-state index is 11.9. The number of methoxy groups -OCH3 is 1. The number of carbonyl (C=O) groups excluding carboxylic acids is 1. The maximum absolute atomic E-state index is 11.9. The van der Waals surface area contributed by atoms with Gasteiger partial charge in [-0.2, -0.15) is 4.98 Å². The van der Waals surface area contributed by atoms with Crippen LogP contribution in [0.1, 0.15) is 5.56 Å². The van der Waals surface area contributed by atoms with Gasteiger partial charge in [0.15, 0.2) is 11.6 Å². The number of benzene rings is 2. The molecule has 176 valence electrons. The van der Waals surface area contributed by atoms with Crippen LogP contribution in [0.3, 0.4) is 0 Å². The number of ether oxygens (including phenoxy) is 2. The van der Waals surface area contributed by atoms with Crippen LogP contribution in [0.25, 0.3) is 0 Å². The second-order valence-corrected chi connectivity index (χ2v) is 7.74. The number of nitrogens with zero attached hydrogens (tertiary/aromatic N) is 3. The van der Waals surface area contributed by atoms with Crippen LogP contribution in [0, 0.1) is 0 Å². The first-order valence-corrected chi connectivity index (χ1v) is 11.0. The second kappa shape index (κ2) is 10.7. The van der Waals surface area contributed by atoms with Gasteiger partial charge in [-0.3, -0.25) is 4.79 Å². The Morgan fingerprint density at radius 1 is 1.21 bits per heavy atom. The second-order valence-electron chi connectivity index (χ2n) is 7.74. The van der Waals surface area contributed by atoms with E-state index in [0.717, 1.165) is 35.7 Å². The van der Waals surface area contributed by atoms with Crippen molar-refractivity contribution in [1.82, 2.24) is 9.97 Å². The first-order valence-electron chi connectivity index (χ1n) is 11.0. The Bertz CT molecular complexity index is 1180. The molecule has 0 aliphatic carbocycles. The van der Waals surface area contributed by atoms with Gasteiger partial charge in [-0.05, 0) is 29.8 Å². The van der Waals surface area contributed by atoms with Crippen LogP contribution in [0.4, 0.5) is 34.5 Å². The summed E-state index contributed by atoms with van der Waals surface area (Å²) < 4.78 is 11.0. The Hall–Kier alpha value is -4.11. The number of carbonyl (C=O) groups is 1. The van der Waals surface area contributed by atoms with Crippen molar-refractivity contribution in [1.29, 1.82) is 0 Å². The molecule has 4 rings (SSSR count). The fourth-order valence-electron chi connectivity index (χ4n) is 3.66. The summed E-state index contributed by atoms with van der Waals surface area (Å²) >= 11 is 0. The molecule has 0 atom stereocenters. The molecule has 2 aromatic carbocycles. The van der Waals surface area contributed by atoms with Gasteiger partial charge in [0.1, 0.15) is 5.75 Å². The van der Waals surface area contributed by atoms with Gasteiger partial charge in [-0.1, -0.05) is 24.8 Å². The van der Waals surface area contributed by atoms with Gasteiger partial charge < -0.3 is 30.7 Å². The summed E-state index contributed by atoms with van der Waals surface area (Å²) in [5.74, 6) is 1.39. The van der Waals surface area contributed by atoms with E-state index in [2.05, 4.69) is 32.1 Å². The number of hydrogen-bond donors (Lipinski definition) is 3. The van der Waals surface area contributed by atoms with Gasteiger partial charge in [-0.15, -0.1) is 0 Å². The average Bonchev–Trinajstić information content (AvgIpc) is 2.87.